The zero-order chi connectivity index (χ0) is 28.0. The van der Waals surface area contributed by atoms with Crippen LogP contribution in [-0.2, 0) is 22.2 Å². The van der Waals surface area contributed by atoms with Gasteiger partial charge in [0.15, 0.2) is 16.7 Å². The molecule has 1 atom stereocenters. The Balaban J connectivity index is 1.57. The minimum Gasteiger partial charge on any atom is -0.493 e. The van der Waals surface area contributed by atoms with Crippen LogP contribution in [0.15, 0.2) is 77.8 Å². The first-order valence-corrected chi connectivity index (χ1v) is 12.9. The molecular formula is C28H26F3N3O4S. The Morgan fingerprint density at radius 3 is 2.44 bits per heavy atom. The quantitative estimate of drug-likeness (QED) is 0.353. The lowest BCUT2D eigenvalue weighted by Crippen LogP contribution is -2.35. The van der Waals surface area contributed by atoms with Gasteiger partial charge in [-0.2, -0.15) is 13.2 Å². The summed E-state index contributed by atoms with van der Waals surface area (Å²) < 4.78 is 50.4. The summed E-state index contributed by atoms with van der Waals surface area (Å²) in [6.45, 7) is 0.204. The Bertz CT molecular complexity index is 1370. The van der Waals surface area contributed by atoms with Gasteiger partial charge >= 0.3 is 6.18 Å². The van der Waals surface area contributed by atoms with Crippen LogP contribution >= 0.6 is 11.8 Å². The van der Waals surface area contributed by atoms with E-state index in [0.717, 1.165) is 29.5 Å². The first-order valence-electron chi connectivity index (χ1n) is 12.0. The van der Waals surface area contributed by atoms with Gasteiger partial charge in [-0.15, -0.1) is 0 Å². The third-order valence-corrected chi connectivity index (χ3v) is 7.09. The van der Waals surface area contributed by atoms with Gasteiger partial charge in [0, 0.05) is 18.7 Å². The van der Waals surface area contributed by atoms with Crippen molar-refractivity contribution >= 4 is 40.1 Å². The Hall–Kier alpha value is -3.99. The van der Waals surface area contributed by atoms with Gasteiger partial charge in [-0.3, -0.25) is 14.5 Å². The Labute approximate surface area is 228 Å². The molecule has 1 N–H and O–H groups in total. The number of nitrogens with one attached hydrogen (secondary N) is 1. The normalized spacial score (nSPS) is 16.4. The molecule has 0 aliphatic carbocycles. The van der Waals surface area contributed by atoms with Crippen molar-refractivity contribution in [2.45, 2.75) is 24.3 Å². The number of carbonyl (C=O) groups is 2. The Morgan fingerprint density at radius 1 is 1.00 bits per heavy atom. The summed E-state index contributed by atoms with van der Waals surface area (Å²) in [6.07, 6.45) is -4.23. The zero-order valence-corrected chi connectivity index (χ0v) is 22.0. The second kappa shape index (κ2) is 12.2. The van der Waals surface area contributed by atoms with E-state index in [2.05, 4.69) is 10.3 Å². The van der Waals surface area contributed by atoms with Crippen LogP contribution in [0.5, 0.6) is 11.5 Å². The van der Waals surface area contributed by atoms with Crippen LogP contribution in [0.25, 0.3) is 0 Å². The average molecular weight is 558 g/mol. The molecule has 11 heteroatoms. The molecule has 4 rings (SSSR count). The molecule has 0 spiro atoms. The third kappa shape index (κ3) is 7.11. The molecule has 39 heavy (non-hydrogen) atoms. The molecule has 1 aliphatic heterocycles. The second-order valence-electron chi connectivity index (χ2n) is 8.60. The number of hydrogen-bond donors (Lipinski definition) is 1. The molecule has 204 valence electrons. The van der Waals surface area contributed by atoms with Gasteiger partial charge in [0.2, 0.25) is 11.8 Å². The van der Waals surface area contributed by atoms with Crippen LogP contribution in [0.3, 0.4) is 0 Å². The smallest absolute Gasteiger partial charge is 0.416 e. The molecule has 2 amide bonds. The zero-order valence-electron chi connectivity index (χ0n) is 21.2. The maximum Gasteiger partial charge on any atom is 0.416 e. The molecule has 1 fully saturated rings. The number of amidine groups is 1. The molecule has 0 radical (unpaired) electrons. The van der Waals surface area contributed by atoms with Crippen molar-refractivity contribution < 1.29 is 32.2 Å². The largest absolute Gasteiger partial charge is 0.493 e. The fourth-order valence-electron chi connectivity index (χ4n) is 3.97. The molecule has 1 saturated heterocycles. The molecule has 0 saturated carbocycles. The number of para-hydroxylation sites is 1. The van der Waals surface area contributed by atoms with Crippen molar-refractivity contribution in [3.8, 4) is 11.5 Å². The minimum atomic E-state index is -4.53. The van der Waals surface area contributed by atoms with Crippen molar-refractivity contribution in [1.82, 2.24) is 4.90 Å². The van der Waals surface area contributed by atoms with Crippen LogP contribution in [0.4, 0.5) is 24.5 Å². The molecule has 3 aromatic carbocycles. The fraction of sp³-hybridized carbons (Fsp3) is 0.250. The standard InChI is InChI=1S/C28H26F3N3O4S/c1-37-22-12-11-18(15-23(22)38-2)13-14-34-26(36)24(17-25(35)32-20-8-4-3-5-9-20)39-27(34)33-21-10-6-7-19(16-21)28(29,30)31/h3-12,15-16,24H,13-14,17H2,1-2H3,(H,32,35). The van der Waals surface area contributed by atoms with Gasteiger partial charge in [0.25, 0.3) is 0 Å². The summed E-state index contributed by atoms with van der Waals surface area (Å²) in [5.41, 5.74) is 0.676. The molecule has 7 nitrogen and oxygen atoms in total. The first kappa shape index (κ1) is 28.0. The van der Waals surface area contributed by atoms with Crippen LogP contribution in [0.1, 0.15) is 17.5 Å². The number of halogens is 3. The summed E-state index contributed by atoms with van der Waals surface area (Å²) in [6, 6.07) is 18.8. The summed E-state index contributed by atoms with van der Waals surface area (Å²) >= 11 is 1.06. The van der Waals surface area contributed by atoms with Crippen molar-refractivity contribution in [3.63, 3.8) is 0 Å². The van der Waals surface area contributed by atoms with Gasteiger partial charge in [-0.1, -0.05) is 42.1 Å². The lowest BCUT2D eigenvalue weighted by atomic mass is 10.1. The van der Waals surface area contributed by atoms with Crippen LogP contribution < -0.4 is 14.8 Å². The van der Waals surface area contributed by atoms with E-state index in [9.17, 15) is 22.8 Å². The van der Waals surface area contributed by atoms with E-state index in [4.69, 9.17) is 9.47 Å². The van der Waals surface area contributed by atoms with Gasteiger partial charge in [-0.05, 0) is 54.4 Å². The van der Waals surface area contributed by atoms with Gasteiger partial charge in [0.1, 0.15) is 5.25 Å². The van der Waals surface area contributed by atoms with Crippen molar-refractivity contribution in [2.75, 3.05) is 26.1 Å². The number of methoxy groups -OCH3 is 2. The van der Waals surface area contributed by atoms with Gasteiger partial charge < -0.3 is 14.8 Å². The highest BCUT2D eigenvalue weighted by atomic mass is 32.2. The summed E-state index contributed by atoms with van der Waals surface area (Å²) in [4.78, 5) is 31.9. The van der Waals surface area contributed by atoms with Crippen molar-refractivity contribution in [2.24, 2.45) is 4.99 Å². The maximum absolute atomic E-state index is 13.4. The highest BCUT2D eigenvalue weighted by Crippen LogP contribution is 2.35. The molecule has 1 aliphatic rings. The second-order valence-corrected chi connectivity index (χ2v) is 9.77. The van der Waals surface area contributed by atoms with E-state index >= 15 is 0 Å². The molecule has 0 aromatic heterocycles. The van der Waals surface area contributed by atoms with E-state index in [0.29, 0.717) is 23.6 Å². The number of hydrogen-bond acceptors (Lipinski definition) is 6. The highest BCUT2D eigenvalue weighted by Gasteiger charge is 2.39. The molecule has 1 unspecified atom stereocenters. The topological polar surface area (TPSA) is 80.2 Å². The monoisotopic (exact) mass is 557 g/mol. The SMILES string of the molecule is COc1ccc(CCN2C(=O)C(CC(=O)Nc3ccccc3)SC2=Nc2cccc(C(F)(F)F)c2)cc1OC. The summed E-state index contributed by atoms with van der Waals surface area (Å²) in [5.74, 6) is 0.400. The molecule has 3 aromatic rings. The van der Waals surface area contributed by atoms with Gasteiger partial charge in [-0.25, -0.2) is 4.99 Å². The van der Waals surface area contributed by atoms with E-state index in [1.54, 1.807) is 36.4 Å². The van der Waals surface area contributed by atoms with E-state index in [1.807, 2.05) is 12.1 Å². The lowest BCUT2D eigenvalue weighted by Gasteiger charge is -2.17. The van der Waals surface area contributed by atoms with E-state index in [1.165, 1.54) is 31.3 Å². The summed E-state index contributed by atoms with van der Waals surface area (Å²) in [5, 5.41) is 2.22. The highest BCUT2D eigenvalue weighted by molar-refractivity contribution is 8.15. The van der Waals surface area contributed by atoms with Crippen LogP contribution in [0.2, 0.25) is 0 Å². The molecule has 0 bridgehead atoms. The van der Waals surface area contributed by atoms with Crippen LogP contribution in [0, 0.1) is 0 Å². The number of amides is 2. The number of ether oxygens (including phenoxy) is 2. The predicted octanol–water partition coefficient (Wildman–Crippen LogP) is 5.93. The Kier molecular flexibility index (Phi) is 8.80. The maximum atomic E-state index is 13.4. The number of benzene rings is 3. The number of nitrogens with zero attached hydrogens (tertiary/aromatic N) is 2. The number of aliphatic imine (C=N–C) groups is 1. The number of rotatable bonds is 9. The Morgan fingerprint density at radius 2 is 1.74 bits per heavy atom. The third-order valence-electron chi connectivity index (χ3n) is 5.92. The van der Waals surface area contributed by atoms with E-state index < -0.39 is 17.0 Å². The van der Waals surface area contributed by atoms with Crippen molar-refractivity contribution in [1.29, 1.82) is 0 Å². The van der Waals surface area contributed by atoms with Crippen molar-refractivity contribution in [3.05, 3.63) is 83.9 Å². The fourth-order valence-corrected chi connectivity index (χ4v) is 5.16. The van der Waals surface area contributed by atoms with E-state index in [-0.39, 0.29) is 35.6 Å². The average Bonchev–Trinajstić information content (AvgIpc) is 3.20. The lowest BCUT2D eigenvalue weighted by molar-refractivity contribution is -0.137. The number of thioether (sulfide) groups is 1. The minimum absolute atomic E-state index is 0.0608. The molecule has 1 heterocycles. The first-order chi connectivity index (χ1) is 18.7. The number of anilines is 1. The van der Waals surface area contributed by atoms with Gasteiger partial charge in [0.05, 0.1) is 25.5 Å². The predicted molar refractivity (Wildman–Crippen MR) is 145 cm³/mol. The molecular weight excluding hydrogens is 531 g/mol. The number of alkyl halides is 3. The van der Waals surface area contributed by atoms with Crippen LogP contribution in [-0.4, -0.2) is 47.9 Å². The summed E-state index contributed by atoms with van der Waals surface area (Å²) in [7, 11) is 3.05. The number of carbonyl (C=O) groups excluding carboxylic acids is 2.